The van der Waals surface area contributed by atoms with Gasteiger partial charge in [0.15, 0.2) is 0 Å². The Kier molecular flexibility index (Phi) is 4.43. The first-order chi connectivity index (χ1) is 12.2. The predicted molar refractivity (Wildman–Crippen MR) is 93.5 cm³/mol. The van der Waals surface area contributed by atoms with Crippen LogP contribution in [-0.4, -0.2) is 52.6 Å². The summed E-state index contributed by atoms with van der Waals surface area (Å²) in [5.41, 5.74) is 2.48. The molecule has 1 fully saturated rings. The maximum atomic E-state index is 6.29. The first-order valence-corrected chi connectivity index (χ1v) is 9.03. The molecule has 0 radical (unpaired) electrons. The maximum absolute atomic E-state index is 6.29. The van der Waals surface area contributed by atoms with Gasteiger partial charge in [-0.2, -0.15) is 0 Å². The molecule has 1 unspecified atom stereocenters. The molecule has 1 saturated heterocycles. The number of rotatable bonds is 5. The van der Waals surface area contributed by atoms with Gasteiger partial charge in [0.25, 0.3) is 0 Å². The summed E-state index contributed by atoms with van der Waals surface area (Å²) in [7, 11) is 0. The molecule has 1 aromatic carbocycles. The van der Waals surface area contributed by atoms with Crippen molar-refractivity contribution in [3.63, 3.8) is 0 Å². The summed E-state index contributed by atoms with van der Waals surface area (Å²) in [6.45, 7) is 7.59. The molecule has 7 nitrogen and oxygen atoms in total. The van der Waals surface area contributed by atoms with E-state index in [9.17, 15) is 0 Å². The van der Waals surface area contributed by atoms with Gasteiger partial charge >= 0.3 is 0 Å². The van der Waals surface area contributed by atoms with E-state index in [0.29, 0.717) is 19.8 Å². The Balaban J connectivity index is 1.52. The Morgan fingerprint density at radius 3 is 3.08 bits per heavy atom. The van der Waals surface area contributed by atoms with E-state index in [-0.39, 0.29) is 11.7 Å². The fraction of sp³-hybridized carbons (Fsp3) is 0.611. The second kappa shape index (κ2) is 6.72. The first kappa shape index (κ1) is 16.5. The van der Waals surface area contributed by atoms with Crippen LogP contribution < -0.4 is 4.90 Å². The second-order valence-electron chi connectivity index (χ2n) is 7.04. The Bertz CT molecular complexity index is 728. The zero-order valence-corrected chi connectivity index (χ0v) is 14.9. The Hall–Kier alpha value is -1.99. The van der Waals surface area contributed by atoms with Crippen LogP contribution in [0.5, 0.6) is 0 Å². The molecule has 1 spiro atoms. The number of fused-ring (bicyclic) bond motifs is 2. The molecule has 2 heterocycles. The van der Waals surface area contributed by atoms with Gasteiger partial charge in [-0.15, -0.1) is 0 Å². The normalized spacial score (nSPS) is 22.8. The van der Waals surface area contributed by atoms with Crippen molar-refractivity contribution < 1.29 is 9.47 Å². The molecule has 1 aromatic heterocycles. The van der Waals surface area contributed by atoms with Gasteiger partial charge in [-0.25, -0.2) is 4.68 Å². The van der Waals surface area contributed by atoms with Gasteiger partial charge in [0.05, 0.1) is 32.4 Å². The first-order valence-electron chi connectivity index (χ1n) is 9.03. The summed E-state index contributed by atoms with van der Waals surface area (Å²) in [4.78, 5) is 2.25. The minimum absolute atomic E-state index is 0.210. The Labute approximate surface area is 147 Å². The fourth-order valence-corrected chi connectivity index (χ4v) is 3.87. The highest BCUT2D eigenvalue weighted by Gasteiger charge is 2.44. The molecule has 134 valence electrons. The van der Waals surface area contributed by atoms with Gasteiger partial charge in [-0.1, -0.05) is 29.4 Å². The third kappa shape index (κ3) is 3.14. The lowest BCUT2D eigenvalue weighted by Crippen LogP contribution is -2.49. The highest BCUT2D eigenvalue weighted by molar-refractivity contribution is 5.41. The number of aromatic nitrogens is 4. The predicted octanol–water partition coefficient (Wildman–Crippen LogP) is 1.78. The maximum Gasteiger partial charge on any atom is 0.245 e. The largest absolute Gasteiger partial charge is 0.377 e. The monoisotopic (exact) mass is 343 g/mol. The minimum atomic E-state index is -0.236. The summed E-state index contributed by atoms with van der Waals surface area (Å²) in [6, 6.07) is 8.61. The van der Waals surface area contributed by atoms with Crippen LogP contribution in [0.2, 0.25) is 0 Å². The molecule has 25 heavy (non-hydrogen) atoms. The van der Waals surface area contributed by atoms with E-state index in [1.54, 1.807) is 0 Å². The van der Waals surface area contributed by atoms with Crippen molar-refractivity contribution >= 4 is 5.95 Å². The van der Waals surface area contributed by atoms with Gasteiger partial charge < -0.3 is 14.4 Å². The average Bonchev–Trinajstić information content (AvgIpc) is 3.21. The van der Waals surface area contributed by atoms with E-state index in [1.165, 1.54) is 11.1 Å². The van der Waals surface area contributed by atoms with Crippen molar-refractivity contribution in [1.29, 1.82) is 0 Å². The van der Waals surface area contributed by atoms with Crippen molar-refractivity contribution in [3.8, 4) is 0 Å². The number of nitrogens with zero attached hydrogens (tertiary/aromatic N) is 5. The van der Waals surface area contributed by atoms with Crippen LogP contribution in [-0.2, 0) is 28.0 Å². The molecule has 1 atom stereocenters. The topological polar surface area (TPSA) is 65.3 Å². The van der Waals surface area contributed by atoms with Crippen LogP contribution >= 0.6 is 0 Å². The highest BCUT2D eigenvalue weighted by Crippen LogP contribution is 2.42. The van der Waals surface area contributed by atoms with Gasteiger partial charge in [-0.05, 0) is 48.2 Å². The number of tetrazole rings is 1. The molecule has 0 amide bonds. The lowest BCUT2D eigenvalue weighted by Gasteiger charge is -2.41. The van der Waals surface area contributed by atoms with Crippen molar-refractivity contribution in [2.45, 2.75) is 44.9 Å². The molecule has 7 heteroatoms. The molecule has 2 aromatic rings. The minimum Gasteiger partial charge on any atom is -0.377 e. The Morgan fingerprint density at radius 1 is 1.32 bits per heavy atom. The standard InChI is InChI=1S/C18H25N5O2/c1-14(2)24-11-10-23-17(19-20-21-23)22-9-12-25-18(13-22)8-7-15-5-3-4-6-16(15)18/h3-6,14H,7-13H2,1-2H3. The summed E-state index contributed by atoms with van der Waals surface area (Å²) >= 11 is 0. The average molecular weight is 343 g/mol. The fourth-order valence-electron chi connectivity index (χ4n) is 3.87. The molecular formula is C18H25N5O2. The zero-order chi connectivity index (χ0) is 17.3. The third-order valence-corrected chi connectivity index (χ3v) is 5.04. The lowest BCUT2D eigenvalue weighted by atomic mass is 9.94. The van der Waals surface area contributed by atoms with Crippen LogP contribution in [0, 0.1) is 0 Å². The quantitative estimate of drug-likeness (QED) is 0.824. The van der Waals surface area contributed by atoms with E-state index >= 15 is 0 Å². The number of hydrogen-bond acceptors (Lipinski definition) is 6. The van der Waals surface area contributed by atoms with E-state index in [4.69, 9.17) is 9.47 Å². The summed E-state index contributed by atoms with van der Waals surface area (Å²) in [5, 5.41) is 12.3. The zero-order valence-electron chi connectivity index (χ0n) is 14.9. The van der Waals surface area contributed by atoms with Crippen molar-refractivity contribution in [1.82, 2.24) is 20.2 Å². The molecule has 0 bridgehead atoms. The van der Waals surface area contributed by atoms with Crippen molar-refractivity contribution in [3.05, 3.63) is 35.4 Å². The van der Waals surface area contributed by atoms with Crippen LogP contribution in [0.3, 0.4) is 0 Å². The smallest absolute Gasteiger partial charge is 0.245 e. The number of benzene rings is 1. The van der Waals surface area contributed by atoms with Crippen LogP contribution in [0.25, 0.3) is 0 Å². The molecule has 2 aliphatic rings. The van der Waals surface area contributed by atoms with Crippen LogP contribution in [0.15, 0.2) is 24.3 Å². The van der Waals surface area contributed by atoms with E-state index in [2.05, 4.69) is 44.7 Å². The third-order valence-electron chi connectivity index (χ3n) is 5.04. The number of morpholine rings is 1. The number of hydrogen-bond donors (Lipinski definition) is 0. The van der Waals surface area contributed by atoms with Crippen LogP contribution in [0.1, 0.15) is 31.4 Å². The molecule has 0 saturated carbocycles. The summed E-state index contributed by atoms with van der Waals surface area (Å²) < 4.78 is 13.8. The summed E-state index contributed by atoms with van der Waals surface area (Å²) in [5.74, 6) is 0.805. The lowest BCUT2D eigenvalue weighted by molar-refractivity contribution is -0.0598. The van der Waals surface area contributed by atoms with Crippen LogP contribution in [0.4, 0.5) is 5.95 Å². The molecule has 1 aliphatic heterocycles. The molecule has 4 rings (SSSR count). The second-order valence-corrected chi connectivity index (χ2v) is 7.04. The summed E-state index contributed by atoms with van der Waals surface area (Å²) in [6.07, 6.45) is 2.29. The molecule has 1 aliphatic carbocycles. The van der Waals surface area contributed by atoms with Crippen molar-refractivity contribution in [2.75, 3.05) is 31.2 Å². The number of anilines is 1. The van der Waals surface area contributed by atoms with E-state index in [0.717, 1.165) is 31.9 Å². The highest BCUT2D eigenvalue weighted by atomic mass is 16.5. The SMILES string of the molecule is CC(C)OCCn1nnnc1N1CCOC2(CCc3ccccc32)C1. The Morgan fingerprint density at radius 2 is 2.20 bits per heavy atom. The number of ether oxygens (including phenoxy) is 2. The van der Waals surface area contributed by atoms with Gasteiger partial charge in [0.1, 0.15) is 5.60 Å². The van der Waals surface area contributed by atoms with E-state index in [1.807, 2.05) is 18.5 Å². The number of aryl methyl sites for hydroxylation is 1. The van der Waals surface area contributed by atoms with E-state index < -0.39 is 0 Å². The van der Waals surface area contributed by atoms with Gasteiger partial charge in [0.2, 0.25) is 5.95 Å². The van der Waals surface area contributed by atoms with Crippen molar-refractivity contribution in [2.24, 2.45) is 0 Å². The molecular weight excluding hydrogens is 318 g/mol. The van der Waals surface area contributed by atoms with Gasteiger partial charge in [0, 0.05) is 6.54 Å². The van der Waals surface area contributed by atoms with Gasteiger partial charge in [-0.3, -0.25) is 0 Å². The molecule has 0 N–H and O–H groups in total.